The number of ether oxygens (including phenoxy) is 2. The minimum Gasteiger partial charge on any atom is -0.481 e. The van der Waals surface area contributed by atoms with Crippen molar-refractivity contribution in [1.82, 2.24) is 4.90 Å². The fraction of sp³-hybridized carbons (Fsp3) is 0.375. The third kappa shape index (κ3) is 6.08. The number of hydrogen-bond donors (Lipinski definition) is 0. The van der Waals surface area contributed by atoms with Gasteiger partial charge in [-0.1, -0.05) is 27.8 Å². The van der Waals surface area contributed by atoms with Crippen LogP contribution in [0.4, 0.5) is 5.69 Å². The molecule has 1 fully saturated rings. The van der Waals surface area contributed by atoms with Gasteiger partial charge in [0.05, 0.1) is 29.8 Å². The molecular weight excluding hydrogens is 508 g/mol. The lowest BCUT2D eigenvalue weighted by Crippen LogP contribution is -2.29. The second-order valence-electron chi connectivity index (χ2n) is 7.68. The van der Waals surface area contributed by atoms with Gasteiger partial charge in [-0.2, -0.15) is 0 Å². The molecule has 1 heterocycles. The summed E-state index contributed by atoms with van der Waals surface area (Å²) in [5.74, 6) is 6.00. The number of anilines is 1. The van der Waals surface area contributed by atoms with Crippen LogP contribution >= 0.6 is 15.9 Å². The van der Waals surface area contributed by atoms with E-state index in [0.717, 1.165) is 23.9 Å². The summed E-state index contributed by atoms with van der Waals surface area (Å²) >= 11 is 3.34. The second kappa shape index (κ2) is 11.1. The molecule has 0 aromatic heterocycles. The Kier molecular flexibility index (Phi) is 8.40. The predicted molar refractivity (Wildman–Crippen MR) is 131 cm³/mol. The molecule has 1 aliphatic rings. The number of halogens is 1. The van der Waals surface area contributed by atoms with Gasteiger partial charge in [0.1, 0.15) is 12.4 Å². The Balaban J connectivity index is 1.73. The molecule has 2 aromatic carbocycles. The molecule has 0 aliphatic carbocycles. The summed E-state index contributed by atoms with van der Waals surface area (Å²) in [5.41, 5.74) is 1.03. The molecule has 7 nitrogen and oxygen atoms in total. The van der Waals surface area contributed by atoms with Crippen LogP contribution in [0.1, 0.15) is 28.8 Å². The average Bonchev–Trinajstić information content (AvgIpc) is 3.31. The summed E-state index contributed by atoms with van der Waals surface area (Å²) in [4.78, 5) is 14.7. The number of likely N-dealkylation sites (tertiary alicyclic amines) is 1. The van der Waals surface area contributed by atoms with Crippen molar-refractivity contribution in [2.75, 3.05) is 44.7 Å². The first-order valence-electron chi connectivity index (χ1n) is 10.5. The summed E-state index contributed by atoms with van der Waals surface area (Å²) in [6, 6.07) is 9.43. The quantitative estimate of drug-likeness (QED) is 0.396. The van der Waals surface area contributed by atoms with Crippen LogP contribution in [-0.2, 0) is 14.8 Å². The van der Waals surface area contributed by atoms with Gasteiger partial charge in [-0.3, -0.25) is 9.21 Å². The van der Waals surface area contributed by atoms with Crippen molar-refractivity contribution in [3.05, 3.63) is 52.0 Å². The van der Waals surface area contributed by atoms with E-state index in [1.54, 1.807) is 31.2 Å². The summed E-state index contributed by atoms with van der Waals surface area (Å²) < 4.78 is 38.7. The number of rotatable bonds is 7. The zero-order chi connectivity index (χ0) is 24.0. The number of carbonyl (C=O) groups is 1. The number of nitrogens with zero attached hydrogens (tertiary/aromatic N) is 2. The van der Waals surface area contributed by atoms with Crippen molar-refractivity contribution in [3.63, 3.8) is 0 Å². The topological polar surface area (TPSA) is 76.1 Å². The summed E-state index contributed by atoms with van der Waals surface area (Å²) in [6.07, 6.45) is 2.46. The number of benzene rings is 2. The molecule has 0 unspecified atom stereocenters. The zero-order valence-electron chi connectivity index (χ0n) is 18.9. The second-order valence-corrected chi connectivity index (χ2v) is 10.6. The van der Waals surface area contributed by atoms with Crippen LogP contribution < -0.4 is 9.04 Å². The number of aryl methyl sites for hydroxylation is 1. The van der Waals surface area contributed by atoms with Crippen molar-refractivity contribution >= 4 is 37.6 Å². The number of esters is 1. The lowest BCUT2D eigenvalue weighted by atomic mass is 10.1. The fourth-order valence-corrected chi connectivity index (χ4v) is 5.54. The molecule has 0 N–H and O–H groups in total. The normalized spacial score (nSPS) is 13.8. The molecule has 176 valence electrons. The molecule has 0 bridgehead atoms. The molecule has 1 saturated heterocycles. The highest BCUT2D eigenvalue weighted by molar-refractivity contribution is 9.10. The third-order valence-corrected chi connectivity index (χ3v) is 7.63. The Bertz CT molecular complexity index is 1160. The summed E-state index contributed by atoms with van der Waals surface area (Å²) in [7, 11) is -1.25. The first-order chi connectivity index (χ1) is 15.7. The van der Waals surface area contributed by atoms with E-state index in [2.05, 4.69) is 32.7 Å². The number of carbonyl (C=O) groups excluding carboxylic acids is 1. The van der Waals surface area contributed by atoms with Crippen LogP contribution in [0.2, 0.25) is 0 Å². The Morgan fingerprint density at radius 2 is 1.82 bits per heavy atom. The van der Waals surface area contributed by atoms with Gasteiger partial charge in [-0.25, -0.2) is 13.2 Å². The maximum absolute atomic E-state index is 13.3. The molecular formula is C24H27BrN2O5S. The van der Waals surface area contributed by atoms with Gasteiger partial charge in [-0.15, -0.1) is 0 Å². The molecule has 9 heteroatoms. The van der Waals surface area contributed by atoms with E-state index in [1.165, 1.54) is 39.1 Å². The van der Waals surface area contributed by atoms with Gasteiger partial charge < -0.3 is 9.47 Å². The maximum atomic E-state index is 13.3. The van der Waals surface area contributed by atoms with Gasteiger partial charge in [-0.05, 0) is 74.8 Å². The summed E-state index contributed by atoms with van der Waals surface area (Å²) in [5, 5.41) is 0. The fourth-order valence-electron chi connectivity index (χ4n) is 3.68. The lowest BCUT2D eigenvalue weighted by molar-refractivity contribution is 0.0601. The third-order valence-electron chi connectivity index (χ3n) is 5.40. The van der Waals surface area contributed by atoms with Gasteiger partial charge >= 0.3 is 5.97 Å². The van der Waals surface area contributed by atoms with Gasteiger partial charge in [0.15, 0.2) is 0 Å². The first kappa shape index (κ1) is 25.1. The highest BCUT2D eigenvalue weighted by Gasteiger charge is 2.27. The van der Waals surface area contributed by atoms with Crippen LogP contribution in [0.15, 0.2) is 45.8 Å². The maximum Gasteiger partial charge on any atom is 0.340 e. The van der Waals surface area contributed by atoms with Crippen LogP contribution in [0.3, 0.4) is 0 Å². The lowest BCUT2D eigenvalue weighted by Gasteiger charge is -2.24. The molecule has 0 saturated carbocycles. The van der Waals surface area contributed by atoms with E-state index in [0.29, 0.717) is 15.8 Å². The molecule has 33 heavy (non-hydrogen) atoms. The zero-order valence-corrected chi connectivity index (χ0v) is 21.3. The van der Waals surface area contributed by atoms with E-state index >= 15 is 0 Å². The SMILES string of the molecule is COC(=O)c1cc(Br)cc(C)c1N(C)S(=O)(=O)c1ccc(OCC#CCN2CCCC2)cc1. The molecule has 0 amide bonds. The Morgan fingerprint density at radius 1 is 1.15 bits per heavy atom. The van der Waals surface area contributed by atoms with Crippen LogP contribution in [-0.4, -0.2) is 59.7 Å². The van der Waals surface area contributed by atoms with Crippen molar-refractivity contribution in [3.8, 4) is 17.6 Å². The number of hydrogen-bond acceptors (Lipinski definition) is 6. The number of sulfonamides is 1. The standard InChI is InChI=1S/C24H27BrN2O5S/c1-18-16-19(25)17-22(24(28)31-3)23(18)26(2)33(29,30)21-10-8-20(9-11-21)32-15-7-6-14-27-12-4-5-13-27/h8-11,16-17H,4-5,12-15H2,1-3H3. The molecule has 2 aromatic rings. The molecule has 0 spiro atoms. The van der Waals surface area contributed by atoms with E-state index in [-0.39, 0.29) is 22.8 Å². The average molecular weight is 535 g/mol. The van der Waals surface area contributed by atoms with E-state index in [1.807, 2.05) is 0 Å². The smallest absolute Gasteiger partial charge is 0.340 e. The highest BCUT2D eigenvalue weighted by atomic mass is 79.9. The van der Waals surface area contributed by atoms with Crippen molar-refractivity contribution in [2.24, 2.45) is 0 Å². The molecule has 0 radical (unpaired) electrons. The van der Waals surface area contributed by atoms with E-state index in [4.69, 9.17) is 9.47 Å². The monoisotopic (exact) mass is 534 g/mol. The number of methoxy groups -OCH3 is 1. The van der Waals surface area contributed by atoms with Crippen LogP contribution in [0, 0.1) is 18.8 Å². The van der Waals surface area contributed by atoms with Gasteiger partial charge in [0.25, 0.3) is 10.0 Å². The minimum atomic E-state index is -3.93. The van der Waals surface area contributed by atoms with E-state index in [9.17, 15) is 13.2 Å². The van der Waals surface area contributed by atoms with Gasteiger partial charge in [0.2, 0.25) is 0 Å². The minimum absolute atomic E-state index is 0.0793. The summed E-state index contributed by atoms with van der Waals surface area (Å²) in [6.45, 7) is 4.91. The molecule has 3 rings (SSSR count). The van der Waals surface area contributed by atoms with Crippen molar-refractivity contribution < 1.29 is 22.7 Å². The molecule has 0 atom stereocenters. The Morgan fingerprint density at radius 3 is 2.45 bits per heavy atom. The largest absolute Gasteiger partial charge is 0.481 e. The predicted octanol–water partition coefficient (Wildman–Crippen LogP) is 3.85. The van der Waals surface area contributed by atoms with E-state index < -0.39 is 16.0 Å². The Hall–Kier alpha value is -2.54. The Labute approximate surface area is 203 Å². The van der Waals surface area contributed by atoms with Gasteiger partial charge in [0, 0.05) is 11.5 Å². The van der Waals surface area contributed by atoms with Crippen LogP contribution in [0.25, 0.3) is 0 Å². The van der Waals surface area contributed by atoms with Crippen molar-refractivity contribution in [1.29, 1.82) is 0 Å². The first-order valence-corrected chi connectivity index (χ1v) is 12.8. The molecule has 1 aliphatic heterocycles. The van der Waals surface area contributed by atoms with Crippen LogP contribution in [0.5, 0.6) is 5.75 Å². The van der Waals surface area contributed by atoms with Crippen molar-refractivity contribution in [2.45, 2.75) is 24.7 Å². The highest BCUT2D eigenvalue weighted by Crippen LogP contribution is 2.33.